The Morgan fingerprint density at radius 1 is 1.29 bits per heavy atom. The molecule has 0 aromatic heterocycles. The van der Waals surface area contributed by atoms with Gasteiger partial charge in [-0.05, 0) is 55.5 Å². The molecule has 0 aliphatic carbocycles. The van der Waals surface area contributed by atoms with Crippen LogP contribution in [0.2, 0.25) is 5.02 Å². The molecule has 2 N–H and O–H groups in total. The van der Waals surface area contributed by atoms with Crippen LogP contribution in [0.5, 0.6) is 0 Å². The van der Waals surface area contributed by atoms with E-state index in [0.29, 0.717) is 6.42 Å². The molecule has 0 unspecified atom stereocenters. The summed E-state index contributed by atoms with van der Waals surface area (Å²) in [6.07, 6.45) is 3.56. The molecule has 3 nitrogen and oxygen atoms in total. The lowest BCUT2D eigenvalue weighted by Gasteiger charge is -2.34. The first-order chi connectivity index (χ1) is 9.57. The predicted molar refractivity (Wildman–Crippen MR) is 90.2 cm³/mol. The molecule has 1 fully saturated rings. The molecular weight excluding hydrogens is 307 g/mol. The maximum Gasteiger partial charge on any atom is 0.220 e. The van der Waals surface area contributed by atoms with E-state index in [1.165, 1.54) is 0 Å². The van der Waals surface area contributed by atoms with Crippen LogP contribution in [0.1, 0.15) is 31.7 Å². The second kappa shape index (κ2) is 8.62. The quantitative estimate of drug-likeness (QED) is 0.870. The van der Waals surface area contributed by atoms with Crippen LogP contribution in [0.3, 0.4) is 0 Å². The molecular formula is C16H24Cl2N2O. The molecule has 1 saturated heterocycles. The highest BCUT2D eigenvalue weighted by Crippen LogP contribution is 2.26. The van der Waals surface area contributed by atoms with Crippen LogP contribution in [-0.2, 0) is 11.2 Å². The van der Waals surface area contributed by atoms with E-state index in [1.54, 1.807) is 0 Å². The molecule has 0 radical (unpaired) electrons. The van der Waals surface area contributed by atoms with Gasteiger partial charge in [-0.3, -0.25) is 4.79 Å². The zero-order valence-electron chi connectivity index (χ0n) is 12.5. The molecule has 1 amide bonds. The third-order valence-corrected chi connectivity index (χ3v) is 4.33. The van der Waals surface area contributed by atoms with Gasteiger partial charge in [0.25, 0.3) is 0 Å². The van der Waals surface area contributed by atoms with Gasteiger partial charge in [-0.2, -0.15) is 0 Å². The standard InChI is InChI=1S/C16H23ClN2O.ClH/c1-16(8-10-18-11-9-16)12-19-15(20)7-4-13-2-5-14(17)6-3-13;/h2-3,5-6,18H,4,7-12H2,1H3,(H,19,20);1H. The minimum atomic E-state index is 0. The normalized spacial score (nSPS) is 16.9. The Balaban J connectivity index is 0.00000220. The molecule has 0 atom stereocenters. The summed E-state index contributed by atoms with van der Waals surface area (Å²) < 4.78 is 0. The topological polar surface area (TPSA) is 41.1 Å². The smallest absolute Gasteiger partial charge is 0.220 e. The van der Waals surface area contributed by atoms with Gasteiger partial charge in [-0.15, -0.1) is 12.4 Å². The van der Waals surface area contributed by atoms with Gasteiger partial charge in [0.1, 0.15) is 0 Å². The van der Waals surface area contributed by atoms with Crippen LogP contribution >= 0.6 is 24.0 Å². The second-order valence-electron chi connectivity index (χ2n) is 5.96. The van der Waals surface area contributed by atoms with Crippen LogP contribution < -0.4 is 10.6 Å². The minimum Gasteiger partial charge on any atom is -0.356 e. The molecule has 1 heterocycles. The molecule has 1 aliphatic heterocycles. The number of aryl methyl sites for hydroxylation is 1. The fourth-order valence-electron chi connectivity index (χ4n) is 2.52. The van der Waals surface area contributed by atoms with Gasteiger partial charge >= 0.3 is 0 Å². The largest absolute Gasteiger partial charge is 0.356 e. The van der Waals surface area contributed by atoms with Gasteiger partial charge in [0.2, 0.25) is 5.91 Å². The summed E-state index contributed by atoms with van der Waals surface area (Å²) >= 11 is 5.84. The summed E-state index contributed by atoms with van der Waals surface area (Å²) in [5, 5.41) is 7.17. The minimum absolute atomic E-state index is 0. The van der Waals surface area contributed by atoms with E-state index >= 15 is 0 Å². The molecule has 1 aromatic carbocycles. The number of piperidine rings is 1. The predicted octanol–water partition coefficient (Wildman–Crippen LogP) is 3.20. The van der Waals surface area contributed by atoms with Crippen molar-refractivity contribution < 1.29 is 4.79 Å². The summed E-state index contributed by atoms with van der Waals surface area (Å²) in [5.41, 5.74) is 1.40. The maximum absolute atomic E-state index is 11.9. The van der Waals surface area contributed by atoms with E-state index < -0.39 is 0 Å². The van der Waals surface area contributed by atoms with Gasteiger partial charge < -0.3 is 10.6 Å². The number of carbonyl (C=O) groups excluding carboxylic acids is 1. The number of hydrogen-bond acceptors (Lipinski definition) is 2. The Hall–Kier alpha value is -0.770. The van der Waals surface area contributed by atoms with Crippen LogP contribution in [-0.4, -0.2) is 25.5 Å². The van der Waals surface area contributed by atoms with Crippen molar-refractivity contribution in [1.82, 2.24) is 10.6 Å². The fraction of sp³-hybridized carbons (Fsp3) is 0.562. The molecule has 0 saturated carbocycles. The second-order valence-corrected chi connectivity index (χ2v) is 6.40. The van der Waals surface area contributed by atoms with Gasteiger partial charge in [0.15, 0.2) is 0 Å². The number of hydrogen-bond donors (Lipinski definition) is 2. The van der Waals surface area contributed by atoms with E-state index in [9.17, 15) is 4.79 Å². The Morgan fingerprint density at radius 2 is 1.90 bits per heavy atom. The lowest BCUT2D eigenvalue weighted by Crippen LogP contribution is -2.42. The van der Waals surface area contributed by atoms with Crippen molar-refractivity contribution in [2.45, 2.75) is 32.6 Å². The number of nitrogens with one attached hydrogen (secondary N) is 2. The van der Waals surface area contributed by atoms with Crippen molar-refractivity contribution in [2.75, 3.05) is 19.6 Å². The van der Waals surface area contributed by atoms with Crippen molar-refractivity contribution in [1.29, 1.82) is 0 Å². The van der Waals surface area contributed by atoms with Crippen LogP contribution in [0.25, 0.3) is 0 Å². The van der Waals surface area contributed by atoms with Crippen LogP contribution in [0.15, 0.2) is 24.3 Å². The van der Waals surface area contributed by atoms with Crippen molar-refractivity contribution in [3.8, 4) is 0 Å². The highest BCUT2D eigenvalue weighted by Gasteiger charge is 2.26. The van der Waals surface area contributed by atoms with E-state index in [0.717, 1.165) is 49.5 Å². The monoisotopic (exact) mass is 330 g/mol. The van der Waals surface area contributed by atoms with Gasteiger partial charge in [0.05, 0.1) is 0 Å². The third kappa shape index (κ3) is 6.25. The first-order valence-electron chi connectivity index (χ1n) is 7.29. The molecule has 1 aromatic rings. The van der Waals surface area contributed by atoms with Gasteiger partial charge in [0, 0.05) is 18.0 Å². The van der Waals surface area contributed by atoms with E-state index in [1.807, 2.05) is 24.3 Å². The highest BCUT2D eigenvalue weighted by atomic mass is 35.5. The Bertz CT molecular complexity index is 442. The number of rotatable bonds is 5. The summed E-state index contributed by atoms with van der Waals surface area (Å²) in [6, 6.07) is 7.68. The number of benzene rings is 1. The van der Waals surface area contributed by atoms with Crippen molar-refractivity contribution in [2.24, 2.45) is 5.41 Å². The fourth-order valence-corrected chi connectivity index (χ4v) is 2.64. The molecule has 2 rings (SSSR count). The summed E-state index contributed by atoms with van der Waals surface area (Å²) in [5.74, 6) is 0.139. The Morgan fingerprint density at radius 3 is 2.52 bits per heavy atom. The third-order valence-electron chi connectivity index (χ3n) is 4.08. The van der Waals surface area contributed by atoms with Crippen molar-refractivity contribution >= 4 is 29.9 Å². The zero-order valence-corrected chi connectivity index (χ0v) is 14.0. The Labute approximate surface area is 138 Å². The first-order valence-corrected chi connectivity index (χ1v) is 7.67. The van der Waals surface area contributed by atoms with E-state index in [2.05, 4.69) is 17.6 Å². The van der Waals surface area contributed by atoms with Gasteiger partial charge in [-0.1, -0.05) is 30.7 Å². The molecule has 118 valence electrons. The van der Waals surface area contributed by atoms with Crippen molar-refractivity contribution in [3.63, 3.8) is 0 Å². The summed E-state index contributed by atoms with van der Waals surface area (Å²) in [7, 11) is 0. The van der Waals surface area contributed by atoms with Crippen LogP contribution in [0.4, 0.5) is 0 Å². The molecule has 1 aliphatic rings. The zero-order chi connectivity index (χ0) is 14.4. The van der Waals surface area contributed by atoms with E-state index in [4.69, 9.17) is 11.6 Å². The molecule has 0 spiro atoms. The van der Waals surface area contributed by atoms with Gasteiger partial charge in [-0.25, -0.2) is 0 Å². The van der Waals surface area contributed by atoms with Crippen molar-refractivity contribution in [3.05, 3.63) is 34.9 Å². The average Bonchev–Trinajstić information content (AvgIpc) is 2.45. The Kier molecular flexibility index (Phi) is 7.50. The molecule has 5 heteroatoms. The number of carbonyl (C=O) groups is 1. The first kappa shape index (κ1) is 18.3. The summed E-state index contributed by atoms with van der Waals surface area (Å²) in [4.78, 5) is 11.9. The average molecular weight is 331 g/mol. The highest BCUT2D eigenvalue weighted by molar-refractivity contribution is 6.30. The molecule has 21 heavy (non-hydrogen) atoms. The van der Waals surface area contributed by atoms with E-state index in [-0.39, 0.29) is 23.7 Å². The summed E-state index contributed by atoms with van der Waals surface area (Å²) in [6.45, 7) is 5.15. The number of amides is 1. The SMILES string of the molecule is CC1(CNC(=O)CCc2ccc(Cl)cc2)CCNCC1.Cl. The van der Waals surface area contributed by atoms with Crippen LogP contribution in [0, 0.1) is 5.41 Å². The molecule has 0 bridgehead atoms. The maximum atomic E-state index is 11.9. The lowest BCUT2D eigenvalue weighted by molar-refractivity contribution is -0.121. The number of halogens is 2. The lowest BCUT2D eigenvalue weighted by atomic mass is 9.81.